The van der Waals surface area contributed by atoms with E-state index in [-0.39, 0.29) is 0 Å². The second-order valence-electron chi connectivity index (χ2n) is 21.6. The molecule has 3 heterocycles. The van der Waals surface area contributed by atoms with Gasteiger partial charge in [0.15, 0.2) is 8.07 Å². The summed E-state index contributed by atoms with van der Waals surface area (Å²) in [7, 11) is -3.32. The Morgan fingerprint density at radius 1 is 0.253 bits per heavy atom. The van der Waals surface area contributed by atoms with E-state index >= 15 is 0 Å². The summed E-state index contributed by atoms with van der Waals surface area (Å²) in [5.41, 5.74) is 19.4. The van der Waals surface area contributed by atoms with E-state index in [1.165, 1.54) is 54.1 Å². The van der Waals surface area contributed by atoms with Gasteiger partial charge >= 0.3 is 0 Å². The normalized spacial score (nSPS) is 12.7. The molecule has 0 unspecified atom stereocenters. The molecule has 0 saturated heterocycles. The molecule has 390 valence electrons. The number of benzene rings is 13. The molecule has 0 amide bonds. The molecule has 4 nitrogen and oxygen atoms in total. The highest BCUT2D eigenvalue weighted by Gasteiger charge is 2.49. The first kappa shape index (κ1) is 48.2. The van der Waals surface area contributed by atoms with Gasteiger partial charge in [0, 0.05) is 55.7 Å². The summed E-state index contributed by atoms with van der Waals surface area (Å²) in [6, 6.07) is 115. The number of fused-ring (bicyclic) bond motifs is 8. The minimum atomic E-state index is -3.32. The van der Waals surface area contributed by atoms with Crippen LogP contribution in [0.5, 0.6) is 0 Å². The number of furan rings is 2. The van der Waals surface area contributed by atoms with Gasteiger partial charge < -0.3 is 18.6 Å². The Hall–Kier alpha value is -10.7. The van der Waals surface area contributed by atoms with Gasteiger partial charge in [0.1, 0.15) is 22.3 Å². The molecule has 0 atom stereocenters. The average molecular weight is 1080 g/mol. The minimum absolute atomic E-state index is 0.874. The van der Waals surface area contributed by atoms with Gasteiger partial charge in [-0.25, -0.2) is 0 Å². The maximum absolute atomic E-state index is 6.80. The van der Waals surface area contributed by atoms with Crippen molar-refractivity contribution in [2.75, 3.05) is 9.80 Å². The maximum Gasteiger partial charge on any atom is 0.184 e. The summed E-state index contributed by atoms with van der Waals surface area (Å²) >= 11 is 0. The molecule has 16 rings (SSSR count). The number of anilines is 6. The maximum atomic E-state index is 6.80. The summed E-state index contributed by atoms with van der Waals surface area (Å²) in [6.45, 7) is 0. The molecule has 15 aromatic rings. The van der Waals surface area contributed by atoms with E-state index in [2.05, 4.69) is 325 Å². The topological polar surface area (TPSA) is 32.8 Å². The third-order valence-electron chi connectivity index (χ3n) is 17.0. The standard InChI is InChI=1S/C78H52N2O2Si/c1-4-16-53(17-5-1)55-28-32-57(33-29-55)59-36-40-62(41-37-59)79(63-42-38-60(39-43-63)58-34-30-56(31-35-58)54-18-6-2-7-19-54)64-44-49-78-72(50-64)80(61-20-8-3-9-21-61)71-24-12-15-27-77(71)83(78,65-45-47-69-67-22-10-13-25-73(67)81-75(69)51-65)66-46-48-70-68-23-11-14-26-74(68)82-76(70)52-66/h1-52H. The molecule has 83 heavy (non-hydrogen) atoms. The molecule has 1 aliphatic rings. The summed E-state index contributed by atoms with van der Waals surface area (Å²) in [6.07, 6.45) is 0. The second-order valence-corrected chi connectivity index (χ2v) is 25.3. The highest BCUT2D eigenvalue weighted by Crippen LogP contribution is 2.44. The van der Waals surface area contributed by atoms with Crippen LogP contribution in [0.1, 0.15) is 0 Å². The third kappa shape index (κ3) is 8.12. The first-order valence-electron chi connectivity index (χ1n) is 28.4. The van der Waals surface area contributed by atoms with Crippen molar-refractivity contribution in [2.45, 2.75) is 0 Å². The van der Waals surface area contributed by atoms with E-state index in [1.807, 2.05) is 0 Å². The number of rotatable bonds is 10. The summed E-state index contributed by atoms with van der Waals surface area (Å²) in [4.78, 5) is 4.90. The molecule has 2 aromatic heterocycles. The summed E-state index contributed by atoms with van der Waals surface area (Å²) in [5.74, 6) is 0. The molecule has 0 bridgehead atoms. The van der Waals surface area contributed by atoms with E-state index in [9.17, 15) is 0 Å². The zero-order valence-electron chi connectivity index (χ0n) is 45.2. The number of hydrogen-bond acceptors (Lipinski definition) is 4. The van der Waals surface area contributed by atoms with Crippen molar-refractivity contribution in [3.05, 3.63) is 315 Å². The largest absolute Gasteiger partial charge is 0.456 e. The van der Waals surface area contributed by atoms with Gasteiger partial charge in [0.05, 0.1) is 0 Å². The van der Waals surface area contributed by atoms with Crippen LogP contribution in [0.15, 0.2) is 324 Å². The Morgan fingerprint density at radius 3 is 1.10 bits per heavy atom. The van der Waals surface area contributed by atoms with Gasteiger partial charge in [-0.15, -0.1) is 0 Å². The van der Waals surface area contributed by atoms with Crippen LogP contribution in [-0.4, -0.2) is 8.07 Å². The molecule has 1 aliphatic heterocycles. The SMILES string of the molecule is c1ccc(-c2ccc(-c3ccc(N(c4ccc(-c5ccc(-c6ccccc6)cc5)cc4)c4ccc5c(c4)N(c4ccccc4)c4ccccc4[Si]5(c4ccc5c(c4)oc4ccccc45)c4ccc5c(c4)oc4ccccc45)cc3)cc2)cc1. The van der Waals surface area contributed by atoms with Crippen molar-refractivity contribution in [3.8, 4) is 44.5 Å². The van der Waals surface area contributed by atoms with E-state index in [0.29, 0.717) is 0 Å². The fourth-order valence-electron chi connectivity index (χ4n) is 13.0. The highest BCUT2D eigenvalue weighted by atomic mass is 28.3. The van der Waals surface area contributed by atoms with E-state index < -0.39 is 8.07 Å². The van der Waals surface area contributed by atoms with Crippen LogP contribution in [0.25, 0.3) is 88.4 Å². The fourth-order valence-corrected chi connectivity index (χ4v) is 18.1. The van der Waals surface area contributed by atoms with Crippen LogP contribution < -0.4 is 30.5 Å². The van der Waals surface area contributed by atoms with Crippen molar-refractivity contribution in [1.29, 1.82) is 0 Å². The quantitative estimate of drug-likeness (QED) is 0.128. The highest BCUT2D eigenvalue weighted by molar-refractivity contribution is 7.21. The lowest BCUT2D eigenvalue weighted by Crippen LogP contribution is -2.77. The van der Waals surface area contributed by atoms with Gasteiger partial charge in [0.2, 0.25) is 0 Å². The van der Waals surface area contributed by atoms with Crippen molar-refractivity contribution < 1.29 is 8.83 Å². The zero-order valence-corrected chi connectivity index (χ0v) is 46.2. The third-order valence-corrected chi connectivity index (χ3v) is 21.8. The van der Waals surface area contributed by atoms with E-state index in [1.54, 1.807) is 0 Å². The molecule has 0 aliphatic carbocycles. The molecular formula is C78H52N2O2Si. The predicted molar refractivity (Wildman–Crippen MR) is 349 cm³/mol. The predicted octanol–water partition coefficient (Wildman–Crippen LogP) is 18.8. The number of nitrogens with zero attached hydrogens (tertiary/aromatic N) is 2. The summed E-state index contributed by atoms with van der Waals surface area (Å²) in [5, 5.41) is 9.43. The van der Waals surface area contributed by atoms with Gasteiger partial charge in [-0.3, -0.25) is 0 Å². The molecule has 0 N–H and O–H groups in total. The van der Waals surface area contributed by atoms with Gasteiger partial charge in [-0.2, -0.15) is 0 Å². The Bertz CT molecular complexity index is 4640. The Labute approximate surface area is 482 Å². The van der Waals surface area contributed by atoms with Crippen LogP contribution in [0, 0.1) is 0 Å². The Morgan fingerprint density at radius 2 is 0.614 bits per heavy atom. The molecule has 0 spiro atoms. The lowest BCUT2D eigenvalue weighted by atomic mass is 9.99. The number of hydrogen-bond donors (Lipinski definition) is 0. The van der Waals surface area contributed by atoms with Crippen LogP contribution in [0.2, 0.25) is 0 Å². The van der Waals surface area contributed by atoms with Crippen LogP contribution in [0.4, 0.5) is 34.1 Å². The van der Waals surface area contributed by atoms with Crippen molar-refractivity contribution in [3.63, 3.8) is 0 Å². The van der Waals surface area contributed by atoms with Crippen molar-refractivity contribution >= 4 is 107 Å². The first-order chi connectivity index (χ1) is 41.1. The Balaban J connectivity index is 0.905. The zero-order chi connectivity index (χ0) is 54.8. The van der Waals surface area contributed by atoms with Gasteiger partial charge in [-0.1, -0.05) is 237 Å². The number of para-hydroxylation sites is 4. The van der Waals surface area contributed by atoms with E-state index in [0.717, 1.165) is 89.1 Å². The van der Waals surface area contributed by atoms with Crippen LogP contribution >= 0.6 is 0 Å². The van der Waals surface area contributed by atoms with Gasteiger partial charge in [-0.05, 0) is 144 Å². The van der Waals surface area contributed by atoms with Crippen LogP contribution in [-0.2, 0) is 0 Å². The molecule has 0 saturated carbocycles. The fraction of sp³-hybridized carbons (Fsp3) is 0. The molecule has 5 heteroatoms. The second kappa shape index (κ2) is 19.8. The van der Waals surface area contributed by atoms with E-state index in [4.69, 9.17) is 8.83 Å². The molecule has 0 radical (unpaired) electrons. The minimum Gasteiger partial charge on any atom is -0.456 e. The van der Waals surface area contributed by atoms with Crippen LogP contribution in [0.3, 0.4) is 0 Å². The monoisotopic (exact) mass is 1080 g/mol. The molecule has 0 fully saturated rings. The van der Waals surface area contributed by atoms with Crippen molar-refractivity contribution in [1.82, 2.24) is 0 Å². The lowest BCUT2D eigenvalue weighted by molar-refractivity contribution is 0.669. The Kier molecular flexibility index (Phi) is 11.5. The summed E-state index contributed by atoms with van der Waals surface area (Å²) < 4.78 is 13.6. The smallest absolute Gasteiger partial charge is 0.184 e. The molecule has 13 aromatic carbocycles. The lowest BCUT2D eigenvalue weighted by Gasteiger charge is -2.45. The average Bonchev–Trinajstić information content (AvgIpc) is 2.17. The molecular weight excluding hydrogens is 1020 g/mol. The first-order valence-corrected chi connectivity index (χ1v) is 30.4. The van der Waals surface area contributed by atoms with Gasteiger partial charge in [0.25, 0.3) is 0 Å². The van der Waals surface area contributed by atoms with Crippen molar-refractivity contribution in [2.24, 2.45) is 0 Å².